The van der Waals surface area contributed by atoms with Gasteiger partial charge >= 0.3 is 5.97 Å². The smallest absolute Gasteiger partial charge is 0.307 e. The van der Waals surface area contributed by atoms with Gasteiger partial charge in [-0.1, -0.05) is 48.0 Å². The number of carbonyl (C=O) groups excluding carboxylic acids is 3. The monoisotopic (exact) mass is 353 g/mol. The third-order valence-corrected chi connectivity index (χ3v) is 3.71. The third kappa shape index (κ3) is 5.28. The van der Waals surface area contributed by atoms with Gasteiger partial charge in [0.05, 0.1) is 18.1 Å². The van der Waals surface area contributed by atoms with E-state index in [0.717, 1.165) is 5.56 Å². The van der Waals surface area contributed by atoms with E-state index in [2.05, 4.69) is 5.32 Å². The maximum Gasteiger partial charge on any atom is 0.307 e. The Labute approximate surface area is 153 Å². The largest absolute Gasteiger partial charge is 0.463 e. The van der Waals surface area contributed by atoms with Crippen molar-refractivity contribution < 1.29 is 19.1 Å². The van der Waals surface area contributed by atoms with Gasteiger partial charge in [0.15, 0.2) is 5.78 Å². The van der Waals surface area contributed by atoms with E-state index in [4.69, 9.17) is 4.74 Å². The molecular formula is C21H23NO4. The Balaban J connectivity index is 2.08. The lowest BCUT2D eigenvalue weighted by Crippen LogP contribution is -2.28. The summed E-state index contributed by atoms with van der Waals surface area (Å²) >= 11 is 0. The van der Waals surface area contributed by atoms with E-state index in [1.54, 1.807) is 50.2 Å². The number of aryl methyl sites for hydroxylation is 1. The first-order valence-corrected chi connectivity index (χ1v) is 8.56. The van der Waals surface area contributed by atoms with E-state index in [1.165, 1.54) is 0 Å². The molecule has 1 amide bonds. The zero-order chi connectivity index (χ0) is 19.1. The molecule has 26 heavy (non-hydrogen) atoms. The Morgan fingerprint density at radius 2 is 1.58 bits per heavy atom. The lowest BCUT2D eigenvalue weighted by molar-refractivity contribution is -0.147. The number of nitrogens with one attached hydrogen (secondary N) is 1. The maximum absolute atomic E-state index is 12.7. The van der Waals surface area contributed by atoms with Gasteiger partial charge in [-0.05, 0) is 26.8 Å². The van der Waals surface area contributed by atoms with Crippen LogP contribution < -0.4 is 5.32 Å². The summed E-state index contributed by atoms with van der Waals surface area (Å²) in [6, 6.07) is 13.9. The lowest BCUT2D eigenvalue weighted by atomic mass is 9.97. The molecule has 0 aliphatic rings. The van der Waals surface area contributed by atoms with Crippen molar-refractivity contribution in [1.82, 2.24) is 5.32 Å². The number of ether oxygens (including phenoxy) is 1. The molecule has 0 unspecified atom stereocenters. The van der Waals surface area contributed by atoms with Gasteiger partial charge in [0.1, 0.15) is 0 Å². The van der Waals surface area contributed by atoms with Crippen molar-refractivity contribution in [2.45, 2.75) is 33.3 Å². The number of benzene rings is 2. The van der Waals surface area contributed by atoms with Crippen LogP contribution in [0.2, 0.25) is 0 Å². The van der Waals surface area contributed by atoms with Crippen LogP contribution in [0.1, 0.15) is 52.1 Å². The van der Waals surface area contributed by atoms with E-state index in [-0.39, 0.29) is 36.4 Å². The van der Waals surface area contributed by atoms with Crippen LogP contribution in [0.3, 0.4) is 0 Å². The molecule has 0 heterocycles. The fourth-order valence-corrected chi connectivity index (χ4v) is 2.43. The minimum absolute atomic E-state index is 0.0813. The molecule has 2 aromatic carbocycles. The average Bonchev–Trinajstić information content (AvgIpc) is 2.61. The van der Waals surface area contributed by atoms with Crippen LogP contribution in [-0.4, -0.2) is 30.3 Å². The zero-order valence-corrected chi connectivity index (χ0v) is 15.2. The molecule has 0 spiro atoms. The Kier molecular flexibility index (Phi) is 6.67. The van der Waals surface area contributed by atoms with Crippen LogP contribution >= 0.6 is 0 Å². The third-order valence-electron chi connectivity index (χ3n) is 3.71. The number of rotatable bonds is 7. The van der Waals surface area contributed by atoms with Crippen molar-refractivity contribution in [3.8, 4) is 0 Å². The predicted molar refractivity (Wildman–Crippen MR) is 99.2 cm³/mol. The summed E-state index contributed by atoms with van der Waals surface area (Å²) < 4.78 is 5.02. The van der Waals surface area contributed by atoms with Crippen LogP contribution in [0.4, 0.5) is 0 Å². The fraction of sp³-hybridized carbons (Fsp3) is 0.286. The van der Waals surface area contributed by atoms with Gasteiger partial charge in [-0.3, -0.25) is 14.4 Å². The summed E-state index contributed by atoms with van der Waals surface area (Å²) in [5, 5.41) is 2.67. The topological polar surface area (TPSA) is 72.5 Å². The van der Waals surface area contributed by atoms with Gasteiger partial charge in [0.2, 0.25) is 0 Å². The average molecular weight is 353 g/mol. The molecule has 0 saturated heterocycles. The van der Waals surface area contributed by atoms with Crippen LogP contribution in [0.5, 0.6) is 0 Å². The highest BCUT2D eigenvalue weighted by molar-refractivity contribution is 6.15. The highest BCUT2D eigenvalue weighted by atomic mass is 16.5. The summed E-state index contributed by atoms with van der Waals surface area (Å²) in [6.07, 6.45) is -0.107. The molecule has 0 bridgehead atoms. The van der Waals surface area contributed by atoms with Crippen molar-refractivity contribution in [2.24, 2.45) is 0 Å². The SMILES string of the molecule is Cc1ccc(C(=O)c2ccccc2C(=O)NCCC(=O)OC(C)C)cc1. The molecule has 2 aromatic rings. The highest BCUT2D eigenvalue weighted by Gasteiger charge is 2.18. The predicted octanol–water partition coefficient (Wildman–Crippen LogP) is 3.30. The molecule has 5 heteroatoms. The second-order valence-electron chi connectivity index (χ2n) is 6.29. The summed E-state index contributed by atoms with van der Waals surface area (Å²) in [4.78, 5) is 36.7. The molecular weight excluding hydrogens is 330 g/mol. The van der Waals surface area contributed by atoms with Gasteiger partial charge in [-0.15, -0.1) is 0 Å². The Morgan fingerprint density at radius 1 is 0.962 bits per heavy atom. The number of carbonyl (C=O) groups is 3. The van der Waals surface area contributed by atoms with Gasteiger partial charge in [0.25, 0.3) is 5.91 Å². The van der Waals surface area contributed by atoms with E-state index in [9.17, 15) is 14.4 Å². The number of esters is 1. The molecule has 136 valence electrons. The molecule has 0 saturated carbocycles. The molecule has 2 rings (SSSR count). The number of hydrogen-bond acceptors (Lipinski definition) is 4. The van der Waals surface area contributed by atoms with E-state index in [0.29, 0.717) is 11.1 Å². The Morgan fingerprint density at radius 3 is 2.19 bits per heavy atom. The fourth-order valence-electron chi connectivity index (χ4n) is 2.43. The number of amides is 1. The molecule has 0 radical (unpaired) electrons. The molecule has 0 atom stereocenters. The van der Waals surface area contributed by atoms with Crippen LogP contribution in [0.25, 0.3) is 0 Å². The molecule has 0 fully saturated rings. The van der Waals surface area contributed by atoms with Gasteiger partial charge < -0.3 is 10.1 Å². The second-order valence-corrected chi connectivity index (χ2v) is 6.29. The van der Waals surface area contributed by atoms with Crippen molar-refractivity contribution in [2.75, 3.05) is 6.54 Å². The van der Waals surface area contributed by atoms with Crippen LogP contribution in [-0.2, 0) is 9.53 Å². The zero-order valence-electron chi connectivity index (χ0n) is 15.2. The summed E-state index contributed by atoms with van der Waals surface area (Å²) in [5.74, 6) is -0.974. The van der Waals surface area contributed by atoms with Crippen molar-refractivity contribution in [3.63, 3.8) is 0 Å². The molecule has 5 nitrogen and oxygen atoms in total. The molecule has 1 N–H and O–H groups in total. The number of ketones is 1. The van der Waals surface area contributed by atoms with Crippen molar-refractivity contribution in [1.29, 1.82) is 0 Å². The molecule has 0 aliphatic carbocycles. The van der Waals surface area contributed by atoms with Crippen molar-refractivity contribution >= 4 is 17.7 Å². The number of hydrogen-bond donors (Lipinski definition) is 1. The van der Waals surface area contributed by atoms with E-state index >= 15 is 0 Å². The van der Waals surface area contributed by atoms with Crippen LogP contribution in [0, 0.1) is 6.92 Å². The second kappa shape index (κ2) is 8.94. The minimum Gasteiger partial charge on any atom is -0.463 e. The van der Waals surface area contributed by atoms with Crippen LogP contribution in [0.15, 0.2) is 48.5 Å². The maximum atomic E-state index is 12.7. The minimum atomic E-state index is -0.390. The first-order valence-electron chi connectivity index (χ1n) is 8.56. The quantitative estimate of drug-likeness (QED) is 0.612. The Hall–Kier alpha value is -2.95. The summed E-state index contributed by atoms with van der Waals surface area (Å²) in [5.41, 5.74) is 2.20. The Bertz CT molecular complexity index is 794. The van der Waals surface area contributed by atoms with Crippen molar-refractivity contribution in [3.05, 3.63) is 70.8 Å². The van der Waals surface area contributed by atoms with Gasteiger partial charge in [-0.2, -0.15) is 0 Å². The summed E-state index contributed by atoms with van der Waals surface area (Å²) in [6.45, 7) is 5.63. The molecule has 0 aromatic heterocycles. The first-order chi connectivity index (χ1) is 12.4. The standard InChI is InChI=1S/C21H23NO4/c1-14(2)26-19(23)12-13-22-21(25)18-7-5-4-6-17(18)20(24)16-10-8-15(3)9-11-16/h4-11,14H,12-13H2,1-3H3,(H,22,25). The van der Waals surface area contributed by atoms with Gasteiger partial charge in [0, 0.05) is 17.7 Å². The van der Waals surface area contributed by atoms with E-state index < -0.39 is 5.91 Å². The molecule has 0 aliphatic heterocycles. The first kappa shape index (κ1) is 19.4. The normalized spacial score (nSPS) is 10.5. The summed E-state index contributed by atoms with van der Waals surface area (Å²) in [7, 11) is 0. The highest BCUT2D eigenvalue weighted by Crippen LogP contribution is 2.15. The van der Waals surface area contributed by atoms with E-state index in [1.807, 2.05) is 19.1 Å². The van der Waals surface area contributed by atoms with Gasteiger partial charge in [-0.25, -0.2) is 0 Å². The lowest BCUT2D eigenvalue weighted by Gasteiger charge is -2.11.